The van der Waals surface area contributed by atoms with Crippen molar-refractivity contribution in [3.05, 3.63) is 54.4 Å². The Morgan fingerprint density at radius 2 is 1.83 bits per heavy atom. The molecule has 126 valence electrons. The Hall–Kier alpha value is -2.40. The van der Waals surface area contributed by atoms with Crippen molar-refractivity contribution in [3.63, 3.8) is 0 Å². The van der Waals surface area contributed by atoms with Crippen LogP contribution >= 0.6 is 0 Å². The van der Waals surface area contributed by atoms with Crippen molar-refractivity contribution >= 4 is 6.03 Å². The molecule has 0 saturated carbocycles. The lowest BCUT2D eigenvalue weighted by Gasteiger charge is -2.36. The van der Waals surface area contributed by atoms with Crippen molar-refractivity contribution in [3.8, 4) is 11.1 Å². The summed E-state index contributed by atoms with van der Waals surface area (Å²) < 4.78 is 0. The quantitative estimate of drug-likeness (QED) is 0.871. The van der Waals surface area contributed by atoms with Crippen molar-refractivity contribution in [2.24, 2.45) is 0 Å². The first-order valence-corrected chi connectivity index (χ1v) is 8.32. The highest BCUT2D eigenvalue weighted by molar-refractivity contribution is 5.74. The van der Waals surface area contributed by atoms with E-state index in [9.17, 15) is 4.79 Å². The number of pyridine rings is 1. The van der Waals surface area contributed by atoms with Gasteiger partial charge in [0, 0.05) is 64.8 Å². The molecule has 1 aromatic carbocycles. The van der Waals surface area contributed by atoms with Crippen LogP contribution in [0.25, 0.3) is 11.1 Å². The number of carbonyl (C=O) groups is 1. The number of carbonyl (C=O) groups excluding carboxylic acids is 1. The summed E-state index contributed by atoms with van der Waals surface area (Å²) in [6.07, 6.45) is 3.71. The SMILES string of the molecule is CN(C)C(=O)N1CCN(Cc2ccccc2-c2cccnc2)CC1. The van der Waals surface area contributed by atoms with E-state index in [1.54, 1.807) is 25.2 Å². The van der Waals surface area contributed by atoms with Crippen LogP contribution in [0.5, 0.6) is 0 Å². The zero-order valence-corrected chi connectivity index (χ0v) is 14.4. The van der Waals surface area contributed by atoms with Gasteiger partial charge in [0.05, 0.1) is 0 Å². The third-order valence-electron chi connectivity index (χ3n) is 4.41. The standard InChI is InChI=1S/C19H24N4O/c1-21(2)19(24)23-12-10-22(11-13-23)15-17-6-3-4-8-18(17)16-7-5-9-20-14-16/h3-9,14H,10-13,15H2,1-2H3. The first kappa shape index (κ1) is 16.5. The Bertz CT molecular complexity index is 679. The van der Waals surface area contributed by atoms with Gasteiger partial charge in [0.15, 0.2) is 0 Å². The van der Waals surface area contributed by atoms with E-state index in [0.717, 1.165) is 38.3 Å². The second kappa shape index (κ2) is 7.45. The maximum Gasteiger partial charge on any atom is 0.319 e. The average Bonchev–Trinajstić information content (AvgIpc) is 2.63. The zero-order chi connectivity index (χ0) is 16.9. The molecule has 0 atom stereocenters. The minimum absolute atomic E-state index is 0.102. The molecule has 0 spiro atoms. The van der Waals surface area contributed by atoms with Gasteiger partial charge in [-0.15, -0.1) is 0 Å². The number of aromatic nitrogens is 1. The molecule has 5 nitrogen and oxygen atoms in total. The third-order valence-corrected chi connectivity index (χ3v) is 4.41. The molecule has 1 aliphatic heterocycles. The van der Waals surface area contributed by atoms with Gasteiger partial charge in [-0.05, 0) is 17.2 Å². The molecule has 2 amide bonds. The van der Waals surface area contributed by atoms with Crippen LogP contribution in [0.4, 0.5) is 4.79 Å². The number of nitrogens with zero attached hydrogens (tertiary/aromatic N) is 4. The first-order valence-electron chi connectivity index (χ1n) is 8.32. The van der Waals surface area contributed by atoms with Gasteiger partial charge in [-0.25, -0.2) is 4.79 Å². The molecule has 2 aromatic rings. The molecule has 24 heavy (non-hydrogen) atoms. The van der Waals surface area contributed by atoms with Gasteiger partial charge >= 0.3 is 6.03 Å². The minimum atomic E-state index is 0.102. The van der Waals surface area contributed by atoms with Gasteiger partial charge < -0.3 is 9.80 Å². The lowest BCUT2D eigenvalue weighted by atomic mass is 10.0. The van der Waals surface area contributed by atoms with Crippen molar-refractivity contribution in [2.75, 3.05) is 40.3 Å². The first-order chi connectivity index (χ1) is 11.6. The summed E-state index contributed by atoms with van der Waals surface area (Å²) in [4.78, 5) is 22.2. The van der Waals surface area contributed by atoms with Crippen LogP contribution in [0.1, 0.15) is 5.56 Å². The monoisotopic (exact) mass is 324 g/mol. The number of rotatable bonds is 3. The molecule has 1 aliphatic rings. The van der Waals surface area contributed by atoms with Crippen LogP contribution in [-0.4, -0.2) is 66.0 Å². The van der Waals surface area contributed by atoms with E-state index in [1.165, 1.54) is 11.1 Å². The fraction of sp³-hybridized carbons (Fsp3) is 0.368. The smallest absolute Gasteiger partial charge is 0.319 e. The van der Waals surface area contributed by atoms with Crippen molar-refractivity contribution < 1.29 is 4.79 Å². The van der Waals surface area contributed by atoms with Gasteiger partial charge in [-0.3, -0.25) is 9.88 Å². The number of hydrogen-bond donors (Lipinski definition) is 0. The highest BCUT2D eigenvalue weighted by Crippen LogP contribution is 2.24. The summed E-state index contributed by atoms with van der Waals surface area (Å²) in [5.74, 6) is 0. The van der Waals surface area contributed by atoms with E-state index in [4.69, 9.17) is 0 Å². The molecule has 0 N–H and O–H groups in total. The van der Waals surface area contributed by atoms with Crippen molar-refractivity contribution in [2.45, 2.75) is 6.54 Å². The van der Waals surface area contributed by atoms with Crippen LogP contribution in [0.2, 0.25) is 0 Å². The minimum Gasteiger partial charge on any atom is -0.331 e. The van der Waals surface area contributed by atoms with E-state index in [0.29, 0.717) is 0 Å². The normalized spacial score (nSPS) is 15.3. The summed E-state index contributed by atoms with van der Waals surface area (Å²) in [5, 5.41) is 0. The van der Waals surface area contributed by atoms with Crippen LogP contribution in [-0.2, 0) is 6.54 Å². The Kier molecular flexibility index (Phi) is 5.11. The van der Waals surface area contributed by atoms with Crippen LogP contribution < -0.4 is 0 Å². The molecular formula is C19H24N4O. The summed E-state index contributed by atoms with van der Waals surface area (Å²) in [5.41, 5.74) is 3.69. The summed E-state index contributed by atoms with van der Waals surface area (Å²) in [6, 6.07) is 12.7. The zero-order valence-electron chi connectivity index (χ0n) is 14.4. The molecule has 5 heteroatoms. The molecule has 1 aromatic heterocycles. The van der Waals surface area contributed by atoms with E-state index >= 15 is 0 Å². The molecule has 0 aliphatic carbocycles. The highest BCUT2D eigenvalue weighted by Gasteiger charge is 2.22. The van der Waals surface area contributed by atoms with Gasteiger partial charge in [-0.2, -0.15) is 0 Å². The van der Waals surface area contributed by atoms with Gasteiger partial charge in [0.2, 0.25) is 0 Å². The topological polar surface area (TPSA) is 39.7 Å². The molecule has 1 saturated heterocycles. The fourth-order valence-electron chi connectivity index (χ4n) is 3.08. The molecular weight excluding hydrogens is 300 g/mol. The second-order valence-corrected chi connectivity index (χ2v) is 6.34. The van der Waals surface area contributed by atoms with Crippen molar-refractivity contribution in [1.82, 2.24) is 19.7 Å². The van der Waals surface area contributed by atoms with E-state index in [-0.39, 0.29) is 6.03 Å². The Labute approximate surface area is 143 Å². The molecule has 0 bridgehead atoms. The molecule has 1 fully saturated rings. The fourth-order valence-corrected chi connectivity index (χ4v) is 3.08. The largest absolute Gasteiger partial charge is 0.331 e. The van der Waals surface area contributed by atoms with Gasteiger partial charge in [-0.1, -0.05) is 30.3 Å². The Balaban J connectivity index is 1.67. The lowest BCUT2D eigenvalue weighted by Crippen LogP contribution is -2.51. The van der Waals surface area contributed by atoms with Crippen LogP contribution in [0, 0.1) is 0 Å². The summed E-state index contributed by atoms with van der Waals surface area (Å²) >= 11 is 0. The predicted octanol–water partition coefficient (Wildman–Crippen LogP) is 2.55. The average molecular weight is 324 g/mol. The number of benzene rings is 1. The highest BCUT2D eigenvalue weighted by atomic mass is 16.2. The maximum atomic E-state index is 12.0. The number of piperazine rings is 1. The summed E-state index contributed by atoms with van der Waals surface area (Å²) in [6.45, 7) is 4.27. The second-order valence-electron chi connectivity index (χ2n) is 6.34. The van der Waals surface area contributed by atoms with Gasteiger partial charge in [0.1, 0.15) is 0 Å². The Morgan fingerprint density at radius 3 is 2.50 bits per heavy atom. The van der Waals surface area contributed by atoms with Gasteiger partial charge in [0.25, 0.3) is 0 Å². The van der Waals surface area contributed by atoms with Crippen molar-refractivity contribution in [1.29, 1.82) is 0 Å². The molecule has 0 radical (unpaired) electrons. The third kappa shape index (κ3) is 3.74. The molecule has 2 heterocycles. The van der Waals surface area contributed by atoms with E-state index in [2.05, 4.69) is 40.2 Å². The number of hydrogen-bond acceptors (Lipinski definition) is 3. The van der Waals surface area contributed by atoms with Crippen LogP contribution in [0.3, 0.4) is 0 Å². The Morgan fingerprint density at radius 1 is 1.08 bits per heavy atom. The number of urea groups is 1. The van der Waals surface area contributed by atoms with Crippen LogP contribution in [0.15, 0.2) is 48.8 Å². The lowest BCUT2D eigenvalue weighted by molar-refractivity contribution is 0.120. The van der Waals surface area contributed by atoms with E-state index < -0.39 is 0 Å². The summed E-state index contributed by atoms with van der Waals surface area (Å²) in [7, 11) is 3.61. The number of amides is 2. The molecule has 0 unspecified atom stereocenters. The molecule has 3 rings (SSSR count). The maximum absolute atomic E-state index is 12.0. The van der Waals surface area contributed by atoms with E-state index in [1.807, 2.05) is 17.2 Å². The predicted molar refractivity (Wildman–Crippen MR) is 95.6 cm³/mol.